The summed E-state index contributed by atoms with van der Waals surface area (Å²) in [6.45, 7) is 5.02. The van der Waals surface area contributed by atoms with E-state index in [0.717, 1.165) is 32.1 Å². The summed E-state index contributed by atoms with van der Waals surface area (Å²) in [7, 11) is 1.83. The molecular formula is C16H34IN3O. The van der Waals surface area contributed by atoms with Crippen molar-refractivity contribution in [3.05, 3.63) is 0 Å². The van der Waals surface area contributed by atoms with Gasteiger partial charge in [-0.1, -0.05) is 39.0 Å². The van der Waals surface area contributed by atoms with Crippen molar-refractivity contribution in [2.24, 2.45) is 4.99 Å². The second-order valence-electron chi connectivity index (χ2n) is 5.62. The average molecular weight is 411 g/mol. The van der Waals surface area contributed by atoms with Crippen molar-refractivity contribution in [2.45, 2.75) is 70.8 Å². The molecule has 1 fully saturated rings. The van der Waals surface area contributed by atoms with Gasteiger partial charge in [-0.25, -0.2) is 0 Å². The van der Waals surface area contributed by atoms with E-state index in [4.69, 9.17) is 4.74 Å². The summed E-state index contributed by atoms with van der Waals surface area (Å²) in [5.41, 5.74) is 0. The maximum absolute atomic E-state index is 5.91. The molecule has 0 heterocycles. The van der Waals surface area contributed by atoms with E-state index in [9.17, 15) is 0 Å². The van der Waals surface area contributed by atoms with Crippen LogP contribution in [0, 0.1) is 0 Å². The molecule has 0 amide bonds. The highest BCUT2D eigenvalue weighted by Gasteiger charge is 2.12. The summed E-state index contributed by atoms with van der Waals surface area (Å²) in [6.07, 6.45) is 11.9. The zero-order valence-electron chi connectivity index (χ0n) is 13.8. The Morgan fingerprint density at radius 3 is 2.33 bits per heavy atom. The lowest BCUT2D eigenvalue weighted by atomic mass is 9.98. The third kappa shape index (κ3) is 11.2. The molecule has 1 rings (SSSR count). The van der Waals surface area contributed by atoms with Crippen LogP contribution < -0.4 is 10.6 Å². The Kier molecular flexibility index (Phi) is 14.9. The lowest BCUT2D eigenvalue weighted by Gasteiger charge is -2.22. The first kappa shape index (κ1) is 21.0. The van der Waals surface area contributed by atoms with Gasteiger partial charge >= 0.3 is 0 Å². The van der Waals surface area contributed by atoms with Crippen molar-refractivity contribution in [1.82, 2.24) is 10.6 Å². The van der Waals surface area contributed by atoms with Crippen LogP contribution in [0.3, 0.4) is 0 Å². The first-order valence-electron chi connectivity index (χ1n) is 8.43. The standard InChI is InChI=1S/C16H33N3O.HI/c1-3-4-8-12-18-16(17-2)19-13-9-14-20-15-10-6-5-7-11-15;/h15H,3-14H2,1-2H3,(H2,17,18,19);1H. The molecular weight excluding hydrogens is 377 g/mol. The summed E-state index contributed by atoms with van der Waals surface area (Å²) < 4.78 is 5.91. The molecule has 5 heteroatoms. The quantitative estimate of drug-likeness (QED) is 0.263. The lowest BCUT2D eigenvalue weighted by molar-refractivity contribution is 0.0277. The van der Waals surface area contributed by atoms with E-state index in [1.54, 1.807) is 0 Å². The SMILES string of the molecule is CCCCCNC(=NC)NCCCOC1CCCCC1.I. The summed E-state index contributed by atoms with van der Waals surface area (Å²) >= 11 is 0. The van der Waals surface area contributed by atoms with E-state index >= 15 is 0 Å². The second-order valence-corrected chi connectivity index (χ2v) is 5.62. The predicted octanol–water partition coefficient (Wildman–Crippen LogP) is 3.70. The number of halogens is 1. The number of aliphatic imine (C=N–C) groups is 1. The van der Waals surface area contributed by atoms with Gasteiger partial charge in [-0.2, -0.15) is 0 Å². The summed E-state index contributed by atoms with van der Waals surface area (Å²) in [5, 5.41) is 6.69. The lowest BCUT2D eigenvalue weighted by Crippen LogP contribution is -2.38. The zero-order valence-corrected chi connectivity index (χ0v) is 16.2. The van der Waals surface area contributed by atoms with Gasteiger partial charge in [0.2, 0.25) is 0 Å². The molecule has 1 aliphatic carbocycles. The van der Waals surface area contributed by atoms with Crippen LogP contribution >= 0.6 is 24.0 Å². The third-order valence-corrected chi connectivity index (χ3v) is 3.82. The Morgan fingerprint density at radius 2 is 1.71 bits per heavy atom. The number of unbranched alkanes of at least 4 members (excludes halogenated alkanes) is 2. The molecule has 0 aromatic heterocycles. The fraction of sp³-hybridized carbons (Fsp3) is 0.938. The Bertz CT molecular complexity index is 256. The number of hydrogen-bond acceptors (Lipinski definition) is 2. The van der Waals surface area contributed by atoms with Gasteiger partial charge in [0.05, 0.1) is 6.10 Å². The van der Waals surface area contributed by atoms with Gasteiger partial charge in [-0.05, 0) is 25.7 Å². The molecule has 1 saturated carbocycles. The van der Waals surface area contributed by atoms with E-state index in [1.807, 2.05) is 7.05 Å². The predicted molar refractivity (Wildman–Crippen MR) is 102 cm³/mol. The van der Waals surface area contributed by atoms with Crippen LogP contribution in [-0.2, 0) is 4.74 Å². The minimum absolute atomic E-state index is 0. The summed E-state index contributed by atoms with van der Waals surface area (Å²) in [6, 6.07) is 0. The van der Waals surface area contributed by atoms with Crippen molar-refractivity contribution in [3.8, 4) is 0 Å². The molecule has 0 aliphatic heterocycles. The van der Waals surface area contributed by atoms with Gasteiger partial charge in [-0.3, -0.25) is 4.99 Å². The Hall–Kier alpha value is -0.0400. The van der Waals surface area contributed by atoms with Crippen molar-refractivity contribution in [2.75, 3.05) is 26.7 Å². The van der Waals surface area contributed by atoms with Crippen molar-refractivity contribution in [3.63, 3.8) is 0 Å². The number of guanidine groups is 1. The Balaban J connectivity index is 0.00000400. The molecule has 21 heavy (non-hydrogen) atoms. The normalized spacial score (nSPS) is 16.4. The fourth-order valence-corrected chi connectivity index (χ4v) is 2.56. The maximum Gasteiger partial charge on any atom is 0.190 e. The largest absolute Gasteiger partial charge is 0.378 e. The highest BCUT2D eigenvalue weighted by molar-refractivity contribution is 14.0. The third-order valence-electron chi connectivity index (χ3n) is 3.82. The molecule has 0 aromatic carbocycles. The molecule has 0 aromatic rings. The van der Waals surface area contributed by atoms with Gasteiger partial charge in [-0.15, -0.1) is 24.0 Å². The monoisotopic (exact) mass is 411 g/mol. The first-order chi connectivity index (χ1) is 9.86. The Labute approximate surface area is 147 Å². The first-order valence-corrected chi connectivity index (χ1v) is 8.43. The van der Waals surface area contributed by atoms with Crippen LogP contribution in [0.25, 0.3) is 0 Å². The summed E-state index contributed by atoms with van der Waals surface area (Å²) in [5.74, 6) is 0.916. The van der Waals surface area contributed by atoms with Crippen LogP contribution in [0.15, 0.2) is 4.99 Å². The molecule has 1 aliphatic rings. The molecule has 0 atom stereocenters. The molecule has 4 nitrogen and oxygen atoms in total. The number of nitrogens with zero attached hydrogens (tertiary/aromatic N) is 1. The van der Waals surface area contributed by atoms with Gasteiger partial charge in [0, 0.05) is 26.7 Å². The maximum atomic E-state index is 5.91. The minimum Gasteiger partial charge on any atom is -0.378 e. The molecule has 0 radical (unpaired) electrons. The molecule has 126 valence electrons. The van der Waals surface area contributed by atoms with E-state index in [0.29, 0.717) is 6.10 Å². The number of hydrogen-bond donors (Lipinski definition) is 2. The Morgan fingerprint density at radius 1 is 1.05 bits per heavy atom. The van der Waals surface area contributed by atoms with E-state index in [-0.39, 0.29) is 24.0 Å². The van der Waals surface area contributed by atoms with Crippen molar-refractivity contribution in [1.29, 1.82) is 0 Å². The molecule has 2 N–H and O–H groups in total. The minimum atomic E-state index is 0. The van der Waals surface area contributed by atoms with E-state index < -0.39 is 0 Å². The van der Waals surface area contributed by atoms with Crippen LogP contribution in [0.2, 0.25) is 0 Å². The molecule has 0 unspecified atom stereocenters. The topological polar surface area (TPSA) is 45.7 Å². The van der Waals surface area contributed by atoms with Crippen molar-refractivity contribution >= 4 is 29.9 Å². The molecule has 0 saturated heterocycles. The fourth-order valence-electron chi connectivity index (χ4n) is 2.56. The number of ether oxygens (including phenoxy) is 1. The van der Waals surface area contributed by atoms with Crippen LogP contribution in [0.4, 0.5) is 0 Å². The van der Waals surface area contributed by atoms with Gasteiger partial charge in [0.1, 0.15) is 0 Å². The average Bonchev–Trinajstić information content (AvgIpc) is 2.50. The highest BCUT2D eigenvalue weighted by Crippen LogP contribution is 2.20. The summed E-state index contributed by atoms with van der Waals surface area (Å²) in [4.78, 5) is 4.23. The van der Waals surface area contributed by atoms with E-state index in [1.165, 1.54) is 51.4 Å². The smallest absolute Gasteiger partial charge is 0.190 e. The van der Waals surface area contributed by atoms with Crippen molar-refractivity contribution < 1.29 is 4.74 Å². The van der Waals surface area contributed by atoms with Crippen LogP contribution in [0.5, 0.6) is 0 Å². The second kappa shape index (κ2) is 14.9. The zero-order chi connectivity index (χ0) is 14.5. The van der Waals surface area contributed by atoms with Crippen LogP contribution in [0.1, 0.15) is 64.7 Å². The molecule has 0 spiro atoms. The number of rotatable bonds is 9. The van der Waals surface area contributed by atoms with E-state index in [2.05, 4.69) is 22.5 Å². The van der Waals surface area contributed by atoms with Gasteiger partial charge < -0.3 is 15.4 Å². The van der Waals surface area contributed by atoms with Gasteiger partial charge in [0.25, 0.3) is 0 Å². The van der Waals surface area contributed by atoms with Crippen LogP contribution in [-0.4, -0.2) is 38.8 Å². The number of nitrogens with one attached hydrogen (secondary N) is 2. The molecule has 0 bridgehead atoms. The highest BCUT2D eigenvalue weighted by atomic mass is 127. The van der Waals surface area contributed by atoms with Gasteiger partial charge in [0.15, 0.2) is 5.96 Å².